The van der Waals surface area contributed by atoms with Crippen LogP contribution in [0.15, 0.2) is 43.0 Å². The smallest absolute Gasteiger partial charge is 0.256 e. The normalized spacial score (nSPS) is 14.3. The Morgan fingerprint density at radius 2 is 1.88 bits per heavy atom. The highest BCUT2D eigenvalue weighted by molar-refractivity contribution is 6.74. The average molecular weight is 456 g/mol. The molecule has 0 saturated carbocycles. The third-order valence-electron chi connectivity index (χ3n) is 6.29. The molecule has 9 heteroatoms. The molecule has 3 aromatic rings. The number of carbonyl (C=O) groups is 1. The van der Waals surface area contributed by atoms with E-state index in [2.05, 4.69) is 54.1 Å². The number of benzene rings is 1. The Kier molecular flexibility index (Phi) is 7.11. The third kappa shape index (κ3) is 5.23. The highest BCUT2D eigenvalue weighted by Crippen LogP contribution is 2.38. The zero-order valence-electron chi connectivity index (χ0n) is 19.7. The number of carbonyl (C=O) groups excluding carboxylic acids is 1. The summed E-state index contributed by atoms with van der Waals surface area (Å²) in [5.74, 6) is -0.0302. The second-order valence-corrected chi connectivity index (χ2v) is 14.4. The van der Waals surface area contributed by atoms with Gasteiger partial charge in [0, 0.05) is 24.1 Å². The van der Waals surface area contributed by atoms with Crippen molar-refractivity contribution in [2.75, 3.05) is 11.9 Å². The van der Waals surface area contributed by atoms with Crippen molar-refractivity contribution in [1.82, 2.24) is 19.5 Å². The minimum Gasteiger partial charge on any atom is -0.414 e. The summed E-state index contributed by atoms with van der Waals surface area (Å²) in [7, 11) is -1.97. The van der Waals surface area contributed by atoms with E-state index < -0.39 is 8.32 Å². The Morgan fingerprint density at radius 3 is 2.50 bits per heavy atom. The van der Waals surface area contributed by atoms with E-state index in [0.717, 1.165) is 0 Å². The summed E-state index contributed by atoms with van der Waals surface area (Å²) in [6.45, 7) is 13.5. The number of anilines is 1. The molecule has 0 bridgehead atoms. The van der Waals surface area contributed by atoms with E-state index in [1.54, 1.807) is 30.6 Å². The minimum absolute atomic E-state index is 0.0157. The quantitative estimate of drug-likeness (QED) is 0.496. The number of hydrogen-bond donors (Lipinski definition) is 2. The first-order valence-electron chi connectivity index (χ1n) is 10.8. The molecule has 1 amide bonds. The van der Waals surface area contributed by atoms with Crippen LogP contribution in [-0.4, -0.2) is 51.6 Å². The van der Waals surface area contributed by atoms with Crippen LogP contribution in [0, 0.1) is 5.92 Å². The molecule has 1 aromatic carbocycles. The van der Waals surface area contributed by atoms with Crippen LogP contribution in [-0.2, 0) is 11.0 Å². The fraction of sp³-hybridized carbons (Fsp3) is 0.478. The number of rotatable bonds is 8. The summed E-state index contributed by atoms with van der Waals surface area (Å²) in [5.41, 5.74) is 1.64. The van der Waals surface area contributed by atoms with E-state index >= 15 is 0 Å². The molecule has 0 unspecified atom stereocenters. The average Bonchev–Trinajstić information content (AvgIpc) is 3.15. The molecule has 0 spiro atoms. The van der Waals surface area contributed by atoms with Crippen LogP contribution < -0.4 is 5.32 Å². The number of amides is 1. The van der Waals surface area contributed by atoms with Crippen LogP contribution in [0.1, 0.15) is 38.1 Å². The van der Waals surface area contributed by atoms with E-state index in [-0.39, 0.29) is 29.6 Å². The van der Waals surface area contributed by atoms with Crippen molar-refractivity contribution in [3.63, 3.8) is 0 Å². The van der Waals surface area contributed by atoms with Gasteiger partial charge in [-0.25, -0.2) is 15.0 Å². The van der Waals surface area contributed by atoms with Gasteiger partial charge in [-0.1, -0.05) is 39.0 Å². The molecule has 0 saturated heterocycles. The highest BCUT2D eigenvalue weighted by Gasteiger charge is 2.39. The molecule has 172 valence electrons. The second kappa shape index (κ2) is 9.48. The lowest BCUT2D eigenvalue weighted by Gasteiger charge is -2.40. The number of nitrogens with one attached hydrogen (secondary N) is 1. The van der Waals surface area contributed by atoms with E-state index in [1.165, 1.54) is 6.33 Å². The predicted molar refractivity (Wildman–Crippen MR) is 128 cm³/mol. The Morgan fingerprint density at radius 1 is 1.19 bits per heavy atom. The van der Waals surface area contributed by atoms with Gasteiger partial charge in [0.2, 0.25) is 0 Å². The fourth-order valence-corrected chi connectivity index (χ4v) is 4.70. The molecule has 2 heterocycles. The SMILES string of the molecule is C[C@@H](O[Si](C)(C)C(C)(C)C)[C@@H](CO)Cn1cnc2c(NC(=O)c3ccccc3)ncnc21. The van der Waals surface area contributed by atoms with Gasteiger partial charge in [0.25, 0.3) is 5.91 Å². The Labute approximate surface area is 190 Å². The van der Waals surface area contributed by atoms with Crippen molar-refractivity contribution in [3.05, 3.63) is 48.5 Å². The largest absolute Gasteiger partial charge is 0.414 e. The van der Waals surface area contributed by atoms with Crippen LogP contribution in [0.2, 0.25) is 18.1 Å². The zero-order valence-corrected chi connectivity index (χ0v) is 20.7. The molecule has 0 aliphatic carbocycles. The lowest BCUT2D eigenvalue weighted by Crippen LogP contribution is -2.46. The molecule has 0 fully saturated rings. The molecule has 2 atom stereocenters. The fourth-order valence-electron chi connectivity index (χ4n) is 3.22. The van der Waals surface area contributed by atoms with E-state index in [4.69, 9.17) is 4.43 Å². The van der Waals surface area contributed by atoms with Crippen molar-refractivity contribution >= 4 is 31.2 Å². The zero-order chi connectivity index (χ0) is 23.5. The number of hydrogen-bond acceptors (Lipinski definition) is 6. The van der Waals surface area contributed by atoms with Crippen LogP contribution in [0.4, 0.5) is 5.82 Å². The van der Waals surface area contributed by atoms with E-state index in [1.807, 2.05) is 17.6 Å². The Bertz CT molecular complexity index is 1060. The summed E-state index contributed by atoms with van der Waals surface area (Å²) in [5, 5.41) is 13.0. The van der Waals surface area contributed by atoms with Crippen LogP contribution in [0.5, 0.6) is 0 Å². The topological polar surface area (TPSA) is 102 Å². The van der Waals surface area contributed by atoms with Gasteiger partial charge in [-0.2, -0.15) is 0 Å². The third-order valence-corrected chi connectivity index (χ3v) is 10.9. The molecule has 2 aromatic heterocycles. The summed E-state index contributed by atoms with van der Waals surface area (Å²) >= 11 is 0. The maximum atomic E-state index is 12.5. The maximum absolute atomic E-state index is 12.5. The second-order valence-electron chi connectivity index (χ2n) is 9.64. The van der Waals surface area contributed by atoms with Gasteiger partial charge in [-0.3, -0.25) is 4.79 Å². The summed E-state index contributed by atoms with van der Waals surface area (Å²) in [6, 6.07) is 8.95. The van der Waals surface area contributed by atoms with Gasteiger partial charge in [0.1, 0.15) is 6.33 Å². The predicted octanol–water partition coefficient (Wildman–Crippen LogP) is 4.10. The Balaban J connectivity index is 1.79. The van der Waals surface area contributed by atoms with Crippen LogP contribution in [0.25, 0.3) is 11.2 Å². The Hall–Kier alpha value is -2.62. The van der Waals surface area contributed by atoms with Crippen molar-refractivity contribution in [2.24, 2.45) is 5.92 Å². The molecular formula is C23H33N5O3Si. The maximum Gasteiger partial charge on any atom is 0.256 e. The van der Waals surface area contributed by atoms with Gasteiger partial charge >= 0.3 is 0 Å². The molecule has 0 radical (unpaired) electrons. The number of aliphatic hydroxyl groups excluding tert-OH is 1. The molecule has 2 N–H and O–H groups in total. The lowest BCUT2D eigenvalue weighted by atomic mass is 10.1. The molecular weight excluding hydrogens is 422 g/mol. The molecule has 8 nitrogen and oxygen atoms in total. The molecule has 32 heavy (non-hydrogen) atoms. The van der Waals surface area contributed by atoms with E-state index in [9.17, 15) is 9.90 Å². The van der Waals surface area contributed by atoms with Crippen molar-refractivity contribution < 1.29 is 14.3 Å². The number of nitrogens with zero attached hydrogens (tertiary/aromatic N) is 4. The van der Waals surface area contributed by atoms with Crippen LogP contribution >= 0.6 is 0 Å². The summed E-state index contributed by atoms with van der Waals surface area (Å²) in [6.07, 6.45) is 2.95. The van der Waals surface area contributed by atoms with Crippen molar-refractivity contribution in [2.45, 2.75) is 58.5 Å². The van der Waals surface area contributed by atoms with Gasteiger partial charge in [0.05, 0.1) is 12.9 Å². The molecule has 3 rings (SSSR count). The summed E-state index contributed by atoms with van der Waals surface area (Å²) in [4.78, 5) is 25.6. The standard InChI is InChI=1S/C23H33N5O3Si/c1-16(31-32(5,6)23(2,3)4)18(13-29)12-28-15-26-19-20(24-14-25-21(19)28)27-22(30)17-10-8-7-9-11-17/h7-11,14-16,18,29H,12-13H2,1-6H3,(H,24,25,27,30)/t16-,18-/m1/s1. The monoisotopic (exact) mass is 455 g/mol. The first kappa shape index (κ1) is 24.0. The first-order chi connectivity index (χ1) is 15.0. The van der Waals surface area contributed by atoms with Gasteiger partial charge in [0.15, 0.2) is 25.3 Å². The van der Waals surface area contributed by atoms with Crippen molar-refractivity contribution in [1.29, 1.82) is 0 Å². The minimum atomic E-state index is -1.97. The number of aromatic nitrogens is 4. The number of imidazole rings is 1. The first-order valence-corrected chi connectivity index (χ1v) is 13.7. The highest BCUT2D eigenvalue weighted by atomic mass is 28.4. The molecule has 0 aliphatic rings. The van der Waals surface area contributed by atoms with Gasteiger partial charge in [-0.05, 0) is 37.2 Å². The van der Waals surface area contributed by atoms with Gasteiger partial charge < -0.3 is 19.4 Å². The van der Waals surface area contributed by atoms with E-state index in [0.29, 0.717) is 29.1 Å². The number of fused-ring (bicyclic) bond motifs is 1. The van der Waals surface area contributed by atoms with Crippen molar-refractivity contribution in [3.8, 4) is 0 Å². The van der Waals surface area contributed by atoms with Crippen LogP contribution in [0.3, 0.4) is 0 Å². The molecule has 0 aliphatic heterocycles. The number of aliphatic hydroxyl groups is 1. The summed E-state index contributed by atoms with van der Waals surface area (Å²) < 4.78 is 8.37. The van der Waals surface area contributed by atoms with Gasteiger partial charge in [-0.15, -0.1) is 0 Å². The lowest BCUT2D eigenvalue weighted by molar-refractivity contribution is 0.0783.